The Hall–Kier alpha value is -3.82. The van der Waals surface area contributed by atoms with Crippen LogP contribution in [0.25, 0.3) is 16.9 Å². The van der Waals surface area contributed by atoms with Crippen LogP contribution in [0.15, 0.2) is 66.1 Å². The minimum Gasteiger partial charge on any atom is -0.384 e. The molecule has 2 N–H and O–H groups in total. The minimum atomic E-state index is -1.14. The van der Waals surface area contributed by atoms with Gasteiger partial charge in [0.1, 0.15) is 11.0 Å². The van der Waals surface area contributed by atoms with E-state index < -0.39 is 5.60 Å². The Morgan fingerprint density at radius 1 is 1.18 bits per heavy atom. The van der Waals surface area contributed by atoms with Crippen molar-refractivity contribution in [3.05, 3.63) is 82.9 Å². The van der Waals surface area contributed by atoms with Gasteiger partial charge in [0.15, 0.2) is 11.5 Å². The number of anilines is 2. The maximum Gasteiger partial charge on any atom is 0.278 e. The topological polar surface area (TPSA) is 101 Å². The molecule has 9 nitrogen and oxygen atoms in total. The number of nitrogens with one attached hydrogen (secondary N) is 1. The van der Waals surface area contributed by atoms with Crippen LogP contribution in [0, 0.1) is 0 Å². The molecular weight excluding hydrogens is 430 g/mol. The van der Waals surface area contributed by atoms with E-state index in [1.807, 2.05) is 32.3 Å². The first-order valence-corrected chi connectivity index (χ1v) is 11.0. The Balaban J connectivity index is 1.83. The van der Waals surface area contributed by atoms with Gasteiger partial charge in [-0.1, -0.05) is 24.3 Å². The Morgan fingerprint density at radius 2 is 1.94 bits per heavy atom. The van der Waals surface area contributed by atoms with Crippen molar-refractivity contribution < 1.29 is 5.11 Å². The second kappa shape index (κ2) is 9.20. The standard InChI is InChI=1S/C25H29N7O2/c1-6-13-31-23(33)19-15-26-24(27-18-10-7-9-17(14-18)16-30(4)5)29-22(19)32(31)21-12-8-11-20(28-21)25(2,3)34/h6-12,14-15,34H,1,13,16H2,2-5H3,(H,26,27,29). The number of allylic oxidation sites excluding steroid dienone is 1. The summed E-state index contributed by atoms with van der Waals surface area (Å²) in [7, 11) is 4.04. The summed E-state index contributed by atoms with van der Waals surface area (Å²) in [5.74, 6) is 0.823. The Bertz CT molecular complexity index is 1400. The van der Waals surface area contributed by atoms with Gasteiger partial charge in [0, 0.05) is 18.4 Å². The van der Waals surface area contributed by atoms with Crippen LogP contribution in [0.2, 0.25) is 0 Å². The third-order valence-electron chi connectivity index (χ3n) is 5.24. The number of aromatic nitrogens is 5. The maximum absolute atomic E-state index is 13.1. The van der Waals surface area contributed by atoms with Crippen molar-refractivity contribution in [1.82, 2.24) is 29.2 Å². The number of benzene rings is 1. The molecule has 3 heterocycles. The van der Waals surface area contributed by atoms with Crippen molar-refractivity contribution in [2.75, 3.05) is 19.4 Å². The van der Waals surface area contributed by atoms with Crippen LogP contribution in [-0.4, -0.2) is 48.4 Å². The predicted octanol–water partition coefficient (Wildman–Crippen LogP) is 3.20. The molecule has 1 aromatic carbocycles. The highest BCUT2D eigenvalue weighted by Crippen LogP contribution is 2.22. The third kappa shape index (κ3) is 4.75. The lowest BCUT2D eigenvalue weighted by molar-refractivity contribution is 0.0738. The number of aliphatic hydroxyl groups is 1. The molecule has 0 amide bonds. The maximum atomic E-state index is 13.1. The van der Waals surface area contributed by atoms with Gasteiger partial charge in [-0.3, -0.25) is 4.79 Å². The lowest BCUT2D eigenvalue weighted by atomic mass is 10.1. The molecule has 0 unspecified atom stereocenters. The number of hydrogen-bond acceptors (Lipinski definition) is 7. The summed E-state index contributed by atoms with van der Waals surface area (Å²) in [4.78, 5) is 28.9. The average Bonchev–Trinajstić information content (AvgIpc) is 3.04. The highest BCUT2D eigenvalue weighted by molar-refractivity contribution is 5.77. The van der Waals surface area contributed by atoms with Gasteiger partial charge >= 0.3 is 0 Å². The fourth-order valence-corrected chi connectivity index (χ4v) is 3.73. The number of hydrogen-bond donors (Lipinski definition) is 2. The van der Waals surface area contributed by atoms with E-state index in [0.29, 0.717) is 28.5 Å². The quantitative estimate of drug-likeness (QED) is 0.390. The smallest absolute Gasteiger partial charge is 0.278 e. The second-order valence-electron chi connectivity index (χ2n) is 8.92. The van der Waals surface area contributed by atoms with E-state index in [9.17, 15) is 9.90 Å². The second-order valence-corrected chi connectivity index (χ2v) is 8.92. The zero-order chi connectivity index (χ0) is 24.5. The molecule has 0 saturated heterocycles. The molecule has 0 fully saturated rings. The summed E-state index contributed by atoms with van der Waals surface area (Å²) >= 11 is 0. The lowest BCUT2D eigenvalue weighted by Crippen LogP contribution is -2.23. The van der Waals surface area contributed by atoms with E-state index in [2.05, 4.69) is 37.8 Å². The lowest BCUT2D eigenvalue weighted by Gasteiger charge is -2.18. The van der Waals surface area contributed by atoms with Gasteiger partial charge in [-0.2, -0.15) is 4.98 Å². The van der Waals surface area contributed by atoms with Gasteiger partial charge in [0.2, 0.25) is 5.95 Å². The Labute approximate surface area is 198 Å². The van der Waals surface area contributed by atoms with Crippen LogP contribution in [0.4, 0.5) is 11.6 Å². The van der Waals surface area contributed by atoms with Crippen LogP contribution >= 0.6 is 0 Å². The molecule has 0 aliphatic carbocycles. The molecule has 34 heavy (non-hydrogen) atoms. The third-order valence-corrected chi connectivity index (χ3v) is 5.24. The molecule has 0 radical (unpaired) electrons. The van der Waals surface area contributed by atoms with Crippen LogP contribution in [0.3, 0.4) is 0 Å². The first kappa shape index (κ1) is 23.3. The zero-order valence-corrected chi connectivity index (χ0v) is 19.9. The van der Waals surface area contributed by atoms with Gasteiger partial charge in [-0.15, -0.1) is 6.58 Å². The van der Waals surface area contributed by atoms with Crippen LogP contribution < -0.4 is 10.9 Å². The summed E-state index contributed by atoms with van der Waals surface area (Å²) in [6, 6.07) is 13.3. The Morgan fingerprint density at radius 3 is 2.65 bits per heavy atom. The van der Waals surface area contributed by atoms with Crippen LogP contribution in [0.5, 0.6) is 0 Å². The first-order valence-electron chi connectivity index (χ1n) is 11.0. The SMILES string of the molecule is C=CCn1c(=O)c2cnc(Nc3cccc(CN(C)C)c3)nc2n1-c1cccc(C(C)(C)O)n1. The Kier molecular flexibility index (Phi) is 6.32. The molecule has 9 heteroatoms. The molecule has 0 atom stereocenters. The van der Waals surface area contributed by atoms with Gasteiger partial charge in [-0.05, 0) is 57.8 Å². The van der Waals surface area contributed by atoms with E-state index in [-0.39, 0.29) is 12.1 Å². The van der Waals surface area contributed by atoms with E-state index in [1.165, 1.54) is 10.9 Å². The number of nitrogens with zero attached hydrogens (tertiary/aromatic N) is 6. The normalized spacial score (nSPS) is 11.8. The fourth-order valence-electron chi connectivity index (χ4n) is 3.73. The molecule has 4 aromatic rings. The molecule has 0 saturated carbocycles. The van der Waals surface area contributed by atoms with E-state index in [4.69, 9.17) is 0 Å². The molecular formula is C25H29N7O2. The van der Waals surface area contributed by atoms with Gasteiger partial charge < -0.3 is 15.3 Å². The number of rotatable bonds is 8. The van der Waals surface area contributed by atoms with Crippen molar-refractivity contribution in [3.8, 4) is 5.82 Å². The molecule has 4 rings (SSSR count). The summed E-state index contributed by atoms with van der Waals surface area (Å²) < 4.78 is 3.15. The molecule has 0 bridgehead atoms. The van der Waals surface area contributed by atoms with Crippen molar-refractivity contribution in [3.63, 3.8) is 0 Å². The largest absolute Gasteiger partial charge is 0.384 e. The molecule has 0 aliphatic rings. The fraction of sp³-hybridized carbons (Fsp3) is 0.280. The summed E-state index contributed by atoms with van der Waals surface area (Å²) in [5.41, 5.74) is 1.51. The van der Waals surface area contributed by atoms with Crippen LogP contribution in [0.1, 0.15) is 25.1 Å². The number of fused-ring (bicyclic) bond motifs is 1. The summed E-state index contributed by atoms with van der Waals surface area (Å²) in [6.45, 7) is 8.18. The van der Waals surface area contributed by atoms with Crippen molar-refractivity contribution in [2.45, 2.75) is 32.5 Å². The highest BCUT2D eigenvalue weighted by Gasteiger charge is 2.21. The van der Waals surface area contributed by atoms with Crippen molar-refractivity contribution in [2.24, 2.45) is 0 Å². The van der Waals surface area contributed by atoms with Gasteiger partial charge in [0.05, 0.1) is 12.2 Å². The summed E-state index contributed by atoms with van der Waals surface area (Å²) in [5, 5.41) is 14.0. The van der Waals surface area contributed by atoms with E-state index in [1.54, 1.807) is 42.8 Å². The summed E-state index contributed by atoms with van der Waals surface area (Å²) in [6.07, 6.45) is 3.16. The molecule has 0 aliphatic heterocycles. The van der Waals surface area contributed by atoms with Crippen molar-refractivity contribution >= 4 is 22.7 Å². The van der Waals surface area contributed by atoms with E-state index in [0.717, 1.165) is 17.8 Å². The molecule has 176 valence electrons. The van der Waals surface area contributed by atoms with E-state index >= 15 is 0 Å². The number of pyridine rings is 1. The zero-order valence-electron chi connectivity index (χ0n) is 19.9. The van der Waals surface area contributed by atoms with Crippen molar-refractivity contribution in [1.29, 1.82) is 0 Å². The predicted molar refractivity (Wildman–Crippen MR) is 133 cm³/mol. The first-order chi connectivity index (χ1) is 16.2. The highest BCUT2D eigenvalue weighted by atomic mass is 16.3. The monoisotopic (exact) mass is 459 g/mol. The minimum absolute atomic E-state index is 0.245. The molecule has 3 aromatic heterocycles. The molecule has 0 spiro atoms. The van der Waals surface area contributed by atoms with Crippen LogP contribution in [-0.2, 0) is 18.7 Å². The van der Waals surface area contributed by atoms with Gasteiger partial charge in [-0.25, -0.2) is 19.3 Å². The van der Waals surface area contributed by atoms with Gasteiger partial charge in [0.25, 0.3) is 5.56 Å². The average molecular weight is 460 g/mol.